The van der Waals surface area contributed by atoms with Gasteiger partial charge < -0.3 is 10.1 Å². The van der Waals surface area contributed by atoms with Gasteiger partial charge in [-0.05, 0) is 59.6 Å². The third kappa shape index (κ3) is 3.28. The molecule has 0 radical (unpaired) electrons. The molecular weight excluding hydrogens is 372 g/mol. The molecule has 2 amide bonds. The van der Waals surface area contributed by atoms with Crippen molar-refractivity contribution in [1.29, 1.82) is 0 Å². The standard InChI is InChI=1S/C18H17BrN2O3/c1-11-7-8-16(13(19)9-11)24-12(2)18(23)21-10-17(22)20-14-5-3-4-6-15(14)21/h3-9,12H,10H2,1-2H3,(H,20,22)/t12-/m0/s1. The Labute approximate surface area is 148 Å². The van der Waals surface area contributed by atoms with Gasteiger partial charge in [0.2, 0.25) is 5.91 Å². The maximum atomic E-state index is 12.8. The zero-order valence-electron chi connectivity index (χ0n) is 13.4. The maximum absolute atomic E-state index is 12.8. The second-order valence-electron chi connectivity index (χ2n) is 5.68. The van der Waals surface area contributed by atoms with Gasteiger partial charge in [0.25, 0.3) is 5.91 Å². The van der Waals surface area contributed by atoms with Gasteiger partial charge in [-0.25, -0.2) is 0 Å². The van der Waals surface area contributed by atoms with Crippen LogP contribution in [0.25, 0.3) is 0 Å². The van der Waals surface area contributed by atoms with Crippen molar-refractivity contribution in [2.45, 2.75) is 20.0 Å². The second kappa shape index (κ2) is 6.65. The molecule has 0 fully saturated rings. The van der Waals surface area contributed by atoms with Crippen molar-refractivity contribution in [1.82, 2.24) is 0 Å². The molecule has 3 rings (SSSR count). The molecule has 0 unspecified atom stereocenters. The molecule has 1 N–H and O–H groups in total. The van der Waals surface area contributed by atoms with E-state index >= 15 is 0 Å². The number of ether oxygens (including phenoxy) is 1. The smallest absolute Gasteiger partial charge is 0.268 e. The summed E-state index contributed by atoms with van der Waals surface area (Å²) in [6.45, 7) is 3.65. The number of hydrogen-bond donors (Lipinski definition) is 1. The van der Waals surface area contributed by atoms with Crippen LogP contribution in [0.15, 0.2) is 46.9 Å². The van der Waals surface area contributed by atoms with Crippen LogP contribution in [0.1, 0.15) is 12.5 Å². The molecule has 1 atom stereocenters. The first kappa shape index (κ1) is 16.5. The number of carbonyl (C=O) groups is 2. The summed E-state index contributed by atoms with van der Waals surface area (Å²) >= 11 is 3.44. The number of halogens is 1. The lowest BCUT2D eigenvalue weighted by Crippen LogP contribution is -2.47. The summed E-state index contributed by atoms with van der Waals surface area (Å²) in [6.07, 6.45) is -0.719. The first-order valence-corrected chi connectivity index (χ1v) is 8.38. The van der Waals surface area contributed by atoms with Gasteiger partial charge >= 0.3 is 0 Å². The molecule has 24 heavy (non-hydrogen) atoms. The average molecular weight is 389 g/mol. The lowest BCUT2D eigenvalue weighted by atomic mass is 10.1. The van der Waals surface area contributed by atoms with Gasteiger partial charge in [0.15, 0.2) is 6.10 Å². The van der Waals surface area contributed by atoms with Crippen LogP contribution >= 0.6 is 15.9 Å². The van der Waals surface area contributed by atoms with E-state index in [1.54, 1.807) is 19.1 Å². The van der Waals surface area contributed by atoms with Crippen LogP contribution in [0.3, 0.4) is 0 Å². The SMILES string of the molecule is Cc1ccc(O[C@@H](C)C(=O)N2CC(=O)Nc3ccccc32)c(Br)c1. The molecule has 0 saturated heterocycles. The van der Waals surface area contributed by atoms with E-state index in [1.807, 2.05) is 37.3 Å². The number of carbonyl (C=O) groups excluding carboxylic acids is 2. The molecule has 5 nitrogen and oxygen atoms in total. The Balaban J connectivity index is 1.82. The summed E-state index contributed by atoms with van der Waals surface area (Å²) in [7, 11) is 0. The highest BCUT2D eigenvalue weighted by molar-refractivity contribution is 9.10. The molecule has 1 aliphatic rings. The van der Waals surface area contributed by atoms with Crippen LogP contribution in [0.4, 0.5) is 11.4 Å². The van der Waals surface area contributed by atoms with Crippen molar-refractivity contribution in [2.24, 2.45) is 0 Å². The number of nitrogens with zero attached hydrogens (tertiary/aromatic N) is 1. The molecule has 1 aliphatic heterocycles. The summed E-state index contributed by atoms with van der Waals surface area (Å²) in [4.78, 5) is 26.1. The maximum Gasteiger partial charge on any atom is 0.268 e. The Hall–Kier alpha value is -2.34. The summed E-state index contributed by atoms with van der Waals surface area (Å²) in [5, 5.41) is 2.77. The molecular formula is C18H17BrN2O3. The van der Waals surface area contributed by atoms with E-state index < -0.39 is 6.10 Å². The van der Waals surface area contributed by atoms with E-state index in [2.05, 4.69) is 21.2 Å². The molecule has 1 heterocycles. The van der Waals surface area contributed by atoms with E-state index in [9.17, 15) is 9.59 Å². The van der Waals surface area contributed by atoms with Crippen molar-refractivity contribution in [3.05, 3.63) is 52.5 Å². The number of nitrogens with one attached hydrogen (secondary N) is 1. The van der Waals surface area contributed by atoms with Crippen LogP contribution in [0, 0.1) is 6.92 Å². The van der Waals surface area contributed by atoms with Gasteiger partial charge in [0.1, 0.15) is 12.3 Å². The fourth-order valence-corrected chi connectivity index (χ4v) is 3.18. The van der Waals surface area contributed by atoms with Crippen molar-refractivity contribution < 1.29 is 14.3 Å². The summed E-state index contributed by atoms with van der Waals surface area (Å²) < 4.78 is 6.59. The van der Waals surface area contributed by atoms with Crippen LogP contribution in [0.5, 0.6) is 5.75 Å². The van der Waals surface area contributed by atoms with Gasteiger partial charge in [-0.2, -0.15) is 0 Å². The number of fused-ring (bicyclic) bond motifs is 1. The first-order valence-electron chi connectivity index (χ1n) is 7.59. The van der Waals surface area contributed by atoms with Crippen molar-refractivity contribution >= 4 is 39.1 Å². The highest BCUT2D eigenvalue weighted by atomic mass is 79.9. The van der Waals surface area contributed by atoms with E-state index in [0.717, 1.165) is 10.0 Å². The van der Waals surface area contributed by atoms with E-state index in [-0.39, 0.29) is 18.4 Å². The van der Waals surface area contributed by atoms with Gasteiger partial charge in [0.05, 0.1) is 15.8 Å². The Bertz CT molecular complexity index is 807. The van der Waals surface area contributed by atoms with Crippen LogP contribution in [-0.4, -0.2) is 24.5 Å². The lowest BCUT2D eigenvalue weighted by Gasteiger charge is -2.31. The summed E-state index contributed by atoms with van der Waals surface area (Å²) in [5.41, 5.74) is 2.40. The predicted molar refractivity (Wildman–Crippen MR) is 96.4 cm³/mol. The monoisotopic (exact) mass is 388 g/mol. The molecule has 6 heteroatoms. The number of anilines is 2. The normalized spacial score (nSPS) is 14.6. The summed E-state index contributed by atoms with van der Waals surface area (Å²) in [6, 6.07) is 12.9. The topological polar surface area (TPSA) is 58.6 Å². The number of amides is 2. The third-order valence-corrected chi connectivity index (χ3v) is 4.40. The zero-order valence-corrected chi connectivity index (χ0v) is 15.0. The highest BCUT2D eigenvalue weighted by Crippen LogP contribution is 2.31. The van der Waals surface area contributed by atoms with Gasteiger partial charge in [-0.1, -0.05) is 18.2 Å². The van der Waals surface area contributed by atoms with Crippen molar-refractivity contribution in [2.75, 3.05) is 16.8 Å². The summed E-state index contributed by atoms with van der Waals surface area (Å²) in [5.74, 6) is 0.117. The Morgan fingerprint density at radius 1 is 1.29 bits per heavy atom. The minimum atomic E-state index is -0.719. The zero-order chi connectivity index (χ0) is 17.3. The second-order valence-corrected chi connectivity index (χ2v) is 6.54. The van der Waals surface area contributed by atoms with Crippen molar-refractivity contribution in [3.8, 4) is 5.75 Å². The fourth-order valence-electron chi connectivity index (χ4n) is 2.59. The third-order valence-electron chi connectivity index (χ3n) is 3.78. The highest BCUT2D eigenvalue weighted by Gasteiger charge is 2.30. The molecule has 0 aliphatic carbocycles. The molecule has 2 aromatic carbocycles. The Morgan fingerprint density at radius 2 is 2.04 bits per heavy atom. The quantitative estimate of drug-likeness (QED) is 0.874. The predicted octanol–water partition coefficient (Wildman–Crippen LogP) is 3.51. The van der Waals surface area contributed by atoms with Gasteiger partial charge in [0, 0.05) is 0 Å². The number of benzene rings is 2. The van der Waals surface area contributed by atoms with Crippen LogP contribution in [0.2, 0.25) is 0 Å². The Kier molecular flexibility index (Phi) is 4.57. The molecule has 0 bridgehead atoms. The largest absolute Gasteiger partial charge is 0.480 e. The average Bonchev–Trinajstić information content (AvgIpc) is 2.55. The Morgan fingerprint density at radius 3 is 2.79 bits per heavy atom. The van der Waals surface area contributed by atoms with Crippen LogP contribution < -0.4 is 15.0 Å². The molecule has 0 spiro atoms. The molecule has 124 valence electrons. The number of rotatable bonds is 3. The van der Waals surface area contributed by atoms with Gasteiger partial charge in [-0.3, -0.25) is 14.5 Å². The first-order chi connectivity index (χ1) is 11.5. The van der Waals surface area contributed by atoms with Crippen molar-refractivity contribution in [3.63, 3.8) is 0 Å². The minimum absolute atomic E-state index is 0.0153. The minimum Gasteiger partial charge on any atom is -0.480 e. The molecule has 0 aromatic heterocycles. The molecule has 0 saturated carbocycles. The van der Waals surface area contributed by atoms with E-state index in [0.29, 0.717) is 17.1 Å². The van der Waals surface area contributed by atoms with Gasteiger partial charge in [-0.15, -0.1) is 0 Å². The lowest BCUT2D eigenvalue weighted by molar-refractivity contribution is -0.126. The van der Waals surface area contributed by atoms with E-state index in [1.165, 1.54) is 4.90 Å². The number of hydrogen-bond acceptors (Lipinski definition) is 3. The fraction of sp³-hybridized carbons (Fsp3) is 0.222. The number of aryl methyl sites for hydroxylation is 1. The van der Waals surface area contributed by atoms with Crippen LogP contribution in [-0.2, 0) is 9.59 Å². The molecule has 2 aromatic rings. The van der Waals surface area contributed by atoms with E-state index in [4.69, 9.17) is 4.74 Å². The number of para-hydroxylation sites is 2.